The Kier molecular flexibility index (Phi) is 4.54. The molecular formula is C23H27NOS. The standard InChI is InChI=1S/C23H27NOS/c1-23(2,3)25-20-15-17-7-5-6-8-18(17)21(19-11-14-26-22(19)20)16-9-12-24(4)13-10-16/h5-8,11,14-15H,9-10,12-13H2,1-4H3. The summed E-state index contributed by atoms with van der Waals surface area (Å²) in [5.74, 6) is 0.999. The Hall–Kier alpha value is -1.84. The van der Waals surface area contributed by atoms with Crippen molar-refractivity contribution >= 4 is 28.7 Å². The molecule has 0 atom stereocenters. The molecule has 2 aliphatic rings. The molecule has 2 heterocycles. The Morgan fingerprint density at radius 1 is 1.00 bits per heavy atom. The van der Waals surface area contributed by atoms with E-state index in [-0.39, 0.29) is 5.60 Å². The quantitative estimate of drug-likeness (QED) is 0.623. The first kappa shape index (κ1) is 17.6. The van der Waals surface area contributed by atoms with Crippen molar-refractivity contribution in [1.29, 1.82) is 0 Å². The molecule has 1 saturated heterocycles. The highest BCUT2D eigenvalue weighted by molar-refractivity contribution is 7.11. The zero-order valence-electron chi connectivity index (χ0n) is 16.1. The minimum atomic E-state index is -0.215. The summed E-state index contributed by atoms with van der Waals surface area (Å²) < 4.78 is 6.39. The number of fused-ring (bicyclic) bond motifs is 2. The molecule has 0 amide bonds. The van der Waals surface area contributed by atoms with E-state index in [1.807, 2.05) is 0 Å². The van der Waals surface area contributed by atoms with E-state index >= 15 is 0 Å². The second-order valence-corrected chi connectivity index (χ2v) is 9.17. The largest absolute Gasteiger partial charge is 0.487 e. The van der Waals surface area contributed by atoms with Crippen LogP contribution in [0.3, 0.4) is 0 Å². The van der Waals surface area contributed by atoms with Gasteiger partial charge >= 0.3 is 0 Å². The van der Waals surface area contributed by atoms with E-state index in [4.69, 9.17) is 4.74 Å². The topological polar surface area (TPSA) is 12.5 Å². The van der Waals surface area contributed by atoms with Crippen LogP contribution < -0.4 is 0 Å². The van der Waals surface area contributed by atoms with Crippen molar-refractivity contribution in [2.75, 3.05) is 20.1 Å². The van der Waals surface area contributed by atoms with E-state index in [0.29, 0.717) is 0 Å². The van der Waals surface area contributed by atoms with Crippen molar-refractivity contribution in [1.82, 2.24) is 4.90 Å². The van der Waals surface area contributed by atoms with Gasteiger partial charge < -0.3 is 9.64 Å². The van der Waals surface area contributed by atoms with Crippen LogP contribution in [0.25, 0.3) is 17.4 Å². The molecule has 0 bridgehead atoms. The molecule has 1 aliphatic heterocycles. The van der Waals surface area contributed by atoms with Crippen LogP contribution >= 0.6 is 11.3 Å². The number of thiophene rings is 1. The molecule has 1 aliphatic carbocycles. The van der Waals surface area contributed by atoms with Crippen LogP contribution in [-0.2, 0) is 4.74 Å². The van der Waals surface area contributed by atoms with Crippen LogP contribution in [0.15, 0.2) is 41.3 Å². The Balaban J connectivity index is 1.92. The fourth-order valence-electron chi connectivity index (χ4n) is 3.82. The van der Waals surface area contributed by atoms with Crippen molar-refractivity contribution in [3.8, 4) is 0 Å². The van der Waals surface area contributed by atoms with Crippen LogP contribution in [0.1, 0.15) is 55.2 Å². The Bertz CT molecular complexity index is 872. The van der Waals surface area contributed by atoms with Gasteiger partial charge in [0.05, 0.1) is 4.88 Å². The van der Waals surface area contributed by atoms with Crippen LogP contribution in [-0.4, -0.2) is 30.6 Å². The predicted molar refractivity (Wildman–Crippen MR) is 112 cm³/mol. The fraction of sp³-hybridized carbons (Fsp3) is 0.391. The second kappa shape index (κ2) is 6.71. The number of ether oxygens (including phenoxy) is 1. The molecule has 3 heteroatoms. The van der Waals surface area contributed by atoms with Crippen LogP contribution in [0, 0.1) is 0 Å². The average Bonchev–Trinajstić information content (AvgIpc) is 3.01. The lowest BCUT2D eigenvalue weighted by molar-refractivity contribution is 0.0988. The average molecular weight is 366 g/mol. The van der Waals surface area contributed by atoms with Crippen LogP contribution in [0.5, 0.6) is 0 Å². The summed E-state index contributed by atoms with van der Waals surface area (Å²) in [6, 6.07) is 11.0. The predicted octanol–water partition coefficient (Wildman–Crippen LogP) is 5.90. The summed E-state index contributed by atoms with van der Waals surface area (Å²) in [5, 5.41) is 2.20. The first-order valence-electron chi connectivity index (χ1n) is 9.41. The molecule has 2 aromatic rings. The lowest BCUT2D eigenvalue weighted by atomic mass is 9.87. The van der Waals surface area contributed by atoms with Gasteiger partial charge in [0.2, 0.25) is 0 Å². The van der Waals surface area contributed by atoms with Gasteiger partial charge in [0.1, 0.15) is 11.4 Å². The summed E-state index contributed by atoms with van der Waals surface area (Å²) in [5.41, 5.74) is 6.76. The van der Waals surface area contributed by atoms with E-state index in [2.05, 4.69) is 74.5 Å². The molecule has 2 nitrogen and oxygen atoms in total. The highest BCUT2D eigenvalue weighted by Gasteiger charge is 2.27. The number of hydrogen-bond donors (Lipinski definition) is 0. The van der Waals surface area contributed by atoms with E-state index in [0.717, 1.165) is 31.7 Å². The molecule has 1 aromatic carbocycles. The van der Waals surface area contributed by atoms with Crippen molar-refractivity contribution < 1.29 is 4.74 Å². The third-order valence-electron chi connectivity index (χ3n) is 5.04. The zero-order chi connectivity index (χ0) is 18.3. The molecule has 0 unspecified atom stereocenters. The molecule has 4 rings (SSSR count). The van der Waals surface area contributed by atoms with Crippen molar-refractivity contribution in [3.05, 3.63) is 62.9 Å². The minimum absolute atomic E-state index is 0.215. The van der Waals surface area contributed by atoms with Gasteiger partial charge in [-0.05, 0) is 74.9 Å². The lowest BCUT2D eigenvalue weighted by Gasteiger charge is -2.27. The SMILES string of the molecule is CN1CCC(=C2c3ccccc3C=C(OC(C)(C)C)c3sccc32)CC1. The van der Waals surface area contributed by atoms with Gasteiger partial charge in [0, 0.05) is 18.7 Å². The van der Waals surface area contributed by atoms with Gasteiger partial charge in [-0.25, -0.2) is 0 Å². The Labute approximate surface area is 160 Å². The van der Waals surface area contributed by atoms with E-state index < -0.39 is 0 Å². The first-order chi connectivity index (χ1) is 12.4. The number of nitrogens with zero attached hydrogens (tertiary/aromatic N) is 1. The zero-order valence-corrected chi connectivity index (χ0v) is 17.0. The van der Waals surface area contributed by atoms with Gasteiger partial charge in [-0.3, -0.25) is 0 Å². The van der Waals surface area contributed by atoms with Gasteiger partial charge in [-0.1, -0.05) is 29.8 Å². The highest BCUT2D eigenvalue weighted by Crippen LogP contribution is 2.44. The smallest absolute Gasteiger partial charge is 0.138 e. The number of likely N-dealkylation sites (tertiary alicyclic amines) is 1. The summed E-state index contributed by atoms with van der Waals surface area (Å²) in [7, 11) is 2.22. The van der Waals surface area contributed by atoms with Gasteiger partial charge in [-0.15, -0.1) is 11.3 Å². The molecule has 1 fully saturated rings. The molecule has 0 saturated carbocycles. The minimum Gasteiger partial charge on any atom is -0.487 e. The molecular weight excluding hydrogens is 338 g/mol. The van der Waals surface area contributed by atoms with Crippen molar-refractivity contribution in [3.63, 3.8) is 0 Å². The first-order valence-corrected chi connectivity index (χ1v) is 10.3. The Morgan fingerprint density at radius 2 is 1.73 bits per heavy atom. The summed E-state index contributed by atoms with van der Waals surface area (Å²) in [6.45, 7) is 8.63. The lowest BCUT2D eigenvalue weighted by Crippen LogP contribution is -2.27. The van der Waals surface area contributed by atoms with E-state index in [1.54, 1.807) is 16.9 Å². The Morgan fingerprint density at radius 3 is 2.46 bits per heavy atom. The molecule has 136 valence electrons. The van der Waals surface area contributed by atoms with E-state index in [9.17, 15) is 0 Å². The van der Waals surface area contributed by atoms with Crippen molar-refractivity contribution in [2.45, 2.75) is 39.2 Å². The van der Waals surface area contributed by atoms with Gasteiger partial charge in [-0.2, -0.15) is 0 Å². The second-order valence-electron chi connectivity index (χ2n) is 8.26. The molecule has 1 aromatic heterocycles. The van der Waals surface area contributed by atoms with Gasteiger partial charge in [0.25, 0.3) is 0 Å². The third-order valence-corrected chi connectivity index (χ3v) is 5.96. The number of hydrogen-bond acceptors (Lipinski definition) is 3. The van der Waals surface area contributed by atoms with Gasteiger partial charge in [0.15, 0.2) is 0 Å². The summed E-state index contributed by atoms with van der Waals surface area (Å²) in [6.07, 6.45) is 4.52. The molecule has 0 N–H and O–H groups in total. The maximum absolute atomic E-state index is 6.39. The summed E-state index contributed by atoms with van der Waals surface area (Å²) >= 11 is 1.79. The number of piperidine rings is 1. The highest BCUT2D eigenvalue weighted by atomic mass is 32.1. The number of rotatable bonds is 1. The molecule has 0 spiro atoms. The van der Waals surface area contributed by atoms with E-state index in [1.165, 1.54) is 27.1 Å². The molecule has 26 heavy (non-hydrogen) atoms. The van der Waals surface area contributed by atoms with Crippen LogP contribution in [0.2, 0.25) is 0 Å². The van der Waals surface area contributed by atoms with Crippen LogP contribution in [0.4, 0.5) is 0 Å². The maximum Gasteiger partial charge on any atom is 0.138 e. The monoisotopic (exact) mass is 365 g/mol. The summed E-state index contributed by atoms with van der Waals surface area (Å²) in [4.78, 5) is 3.69. The normalized spacial score (nSPS) is 18.1. The molecule has 0 radical (unpaired) electrons. The maximum atomic E-state index is 6.39. The third kappa shape index (κ3) is 3.38. The van der Waals surface area contributed by atoms with Crippen molar-refractivity contribution in [2.24, 2.45) is 0 Å². The number of benzene rings is 1. The fourth-order valence-corrected chi connectivity index (χ4v) is 4.68.